The van der Waals surface area contributed by atoms with Crippen molar-refractivity contribution in [2.45, 2.75) is 31.8 Å². The Hall–Kier alpha value is -2.50. The largest absolute Gasteiger partial charge is 0.497 e. The van der Waals surface area contributed by atoms with Gasteiger partial charge in [0, 0.05) is 38.4 Å². The third-order valence-corrected chi connectivity index (χ3v) is 4.81. The number of rotatable bonds is 7. The fourth-order valence-electron chi connectivity index (χ4n) is 3.14. The van der Waals surface area contributed by atoms with Crippen LogP contribution in [-0.2, 0) is 4.79 Å². The Morgan fingerprint density at radius 3 is 2.62 bits per heavy atom. The van der Waals surface area contributed by atoms with E-state index in [9.17, 15) is 9.59 Å². The molecule has 0 aromatic heterocycles. The summed E-state index contributed by atoms with van der Waals surface area (Å²) in [5, 5.41) is 2.77. The molecule has 3 rings (SSSR count). The van der Waals surface area contributed by atoms with E-state index in [2.05, 4.69) is 11.9 Å². The maximum Gasteiger partial charge on any atom is 0.255 e. The molecule has 1 heterocycles. The van der Waals surface area contributed by atoms with Gasteiger partial charge in [0.25, 0.3) is 5.91 Å². The van der Waals surface area contributed by atoms with Crippen molar-refractivity contribution in [2.75, 3.05) is 26.7 Å². The molecular weight excluding hydrogens is 332 g/mol. The number of hydrogen-bond acceptors (Lipinski definition) is 4. The van der Waals surface area contributed by atoms with Crippen LogP contribution in [0.3, 0.4) is 0 Å². The Morgan fingerprint density at radius 1 is 1.27 bits per heavy atom. The van der Waals surface area contributed by atoms with Crippen LogP contribution in [-0.4, -0.2) is 49.6 Å². The van der Waals surface area contributed by atoms with Crippen LogP contribution < -0.4 is 14.8 Å². The average molecular weight is 358 g/mol. The van der Waals surface area contributed by atoms with E-state index in [1.807, 2.05) is 4.90 Å². The van der Waals surface area contributed by atoms with Gasteiger partial charge in [0.05, 0.1) is 12.7 Å². The highest BCUT2D eigenvalue weighted by atomic mass is 16.5. The molecule has 1 aliphatic carbocycles. The minimum atomic E-state index is -0.222. The van der Waals surface area contributed by atoms with Crippen LogP contribution in [0.15, 0.2) is 30.9 Å². The molecule has 2 aliphatic rings. The van der Waals surface area contributed by atoms with Gasteiger partial charge >= 0.3 is 0 Å². The van der Waals surface area contributed by atoms with Gasteiger partial charge in [-0.1, -0.05) is 6.08 Å². The van der Waals surface area contributed by atoms with Crippen molar-refractivity contribution in [1.29, 1.82) is 0 Å². The van der Waals surface area contributed by atoms with E-state index < -0.39 is 0 Å². The summed E-state index contributed by atoms with van der Waals surface area (Å²) in [4.78, 5) is 26.5. The molecule has 2 amide bonds. The van der Waals surface area contributed by atoms with E-state index in [1.165, 1.54) is 0 Å². The number of amides is 2. The van der Waals surface area contributed by atoms with E-state index in [1.54, 1.807) is 31.4 Å². The zero-order valence-electron chi connectivity index (χ0n) is 15.2. The second-order valence-corrected chi connectivity index (χ2v) is 6.78. The summed E-state index contributed by atoms with van der Waals surface area (Å²) in [7, 11) is 1.56. The summed E-state index contributed by atoms with van der Waals surface area (Å²) in [6.45, 7) is 5.43. The molecule has 26 heavy (non-hydrogen) atoms. The molecule has 2 fully saturated rings. The molecule has 1 aromatic carbocycles. The van der Waals surface area contributed by atoms with Crippen molar-refractivity contribution < 1.29 is 19.1 Å². The molecule has 0 unspecified atom stereocenters. The topological polar surface area (TPSA) is 67.9 Å². The molecular formula is C20H26N2O4. The number of hydrogen-bond donors (Lipinski definition) is 1. The van der Waals surface area contributed by atoms with E-state index in [-0.39, 0.29) is 23.8 Å². The van der Waals surface area contributed by atoms with Crippen molar-refractivity contribution in [2.24, 2.45) is 5.92 Å². The molecule has 6 heteroatoms. The molecule has 1 N–H and O–H groups in total. The predicted octanol–water partition coefficient (Wildman–Crippen LogP) is 2.39. The fourth-order valence-corrected chi connectivity index (χ4v) is 3.14. The second-order valence-electron chi connectivity index (χ2n) is 6.78. The number of likely N-dealkylation sites (tertiary alicyclic amines) is 1. The van der Waals surface area contributed by atoms with Gasteiger partial charge in [0.1, 0.15) is 17.6 Å². The molecule has 1 aromatic rings. The van der Waals surface area contributed by atoms with E-state index in [4.69, 9.17) is 9.47 Å². The average Bonchev–Trinajstić information content (AvgIpc) is 3.51. The number of nitrogens with one attached hydrogen (secondary N) is 1. The first-order valence-electron chi connectivity index (χ1n) is 9.15. The zero-order chi connectivity index (χ0) is 18.5. The quantitative estimate of drug-likeness (QED) is 0.760. The number of piperidine rings is 1. The Kier molecular flexibility index (Phi) is 5.81. The molecule has 0 atom stereocenters. The Morgan fingerprint density at radius 2 is 2.00 bits per heavy atom. The molecule has 0 radical (unpaired) electrons. The van der Waals surface area contributed by atoms with Crippen molar-refractivity contribution in [3.05, 3.63) is 36.4 Å². The summed E-state index contributed by atoms with van der Waals surface area (Å²) in [6, 6.07) is 5.23. The fraction of sp³-hybridized carbons (Fsp3) is 0.500. The van der Waals surface area contributed by atoms with Gasteiger partial charge in [-0.15, -0.1) is 6.58 Å². The molecule has 1 aliphatic heterocycles. The van der Waals surface area contributed by atoms with Crippen LogP contribution in [0.25, 0.3) is 0 Å². The van der Waals surface area contributed by atoms with Crippen LogP contribution in [0.4, 0.5) is 0 Å². The number of ether oxygens (including phenoxy) is 2. The lowest BCUT2D eigenvalue weighted by Gasteiger charge is -2.32. The molecule has 0 bridgehead atoms. The Balaban J connectivity index is 1.64. The lowest BCUT2D eigenvalue weighted by atomic mass is 10.1. The van der Waals surface area contributed by atoms with Crippen LogP contribution in [0.5, 0.6) is 11.5 Å². The Bertz CT molecular complexity index is 676. The van der Waals surface area contributed by atoms with Crippen molar-refractivity contribution in [1.82, 2.24) is 10.2 Å². The lowest BCUT2D eigenvalue weighted by Crippen LogP contribution is -2.42. The zero-order valence-corrected chi connectivity index (χ0v) is 15.2. The minimum Gasteiger partial charge on any atom is -0.497 e. The highest BCUT2D eigenvalue weighted by Gasteiger charge is 2.35. The second kappa shape index (κ2) is 8.25. The SMILES string of the molecule is C=CCNC(=O)c1cc(OC)ccc1OC1CCN(C(=O)C2CC2)CC1. The standard InChI is InChI=1S/C20H26N2O4/c1-3-10-21-19(23)17-13-16(25-2)6-7-18(17)26-15-8-11-22(12-9-15)20(24)14-4-5-14/h3,6-7,13-15H,1,4-5,8-12H2,2H3,(H,21,23). The first-order valence-corrected chi connectivity index (χ1v) is 9.15. The third kappa shape index (κ3) is 4.36. The monoisotopic (exact) mass is 358 g/mol. The van der Waals surface area contributed by atoms with Gasteiger partial charge < -0.3 is 19.7 Å². The van der Waals surface area contributed by atoms with Gasteiger partial charge in [-0.05, 0) is 31.0 Å². The van der Waals surface area contributed by atoms with Crippen LogP contribution in [0.2, 0.25) is 0 Å². The number of methoxy groups -OCH3 is 1. The normalized spacial score (nSPS) is 17.5. The van der Waals surface area contributed by atoms with Crippen molar-refractivity contribution in [3.63, 3.8) is 0 Å². The van der Waals surface area contributed by atoms with Crippen LogP contribution in [0, 0.1) is 5.92 Å². The third-order valence-electron chi connectivity index (χ3n) is 4.81. The maximum absolute atomic E-state index is 12.4. The highest BCUT2D eigenvalue weighted by molar-refractivity contribution is 5.97. The molecule has 1 saturated heterocycles. The van der Waals surface area contributed by atoms with Gasteiger partial charge in [0.15, 0.2) is 0 Å². The van der Waals surface area contributed by atoms with Gasteiger partial charge in [-0.3, -0.25) is 9.59 Å². The lowest BCUT2D eigenvalue weighted by molar-refractivity contribution is -0.134. The summed E-state index contributed by atoms with van der Waals surface area (Å²) >= 11 is 0. The first kappa shape index (κ1) is 18.3. The number of carbonyl (C=O) groups excluding carboxylic acids is 2. The first-order chi connectivity index (χ1) is 12.6. The predicted molar refractivity (Wildman–Crippen MR) is 98.5 cm³/mol. The summed E-state index contributed by atoms with van der Waals surface area (Å²) < 4.78 is 11.3. The molecule has 0 spiro atoms. The summed E-state index contributed by atoms with van der Waals surface area (Å²) in [6.07, 6.45) is 5.24. The van der Waals surface area contributed by atoms with E-state index in [0.29, 0.717) is 36.7 Å². The molecule has 1 saturated carbocycles. The molecule has 140 valence electrons. The van der Waals surface area contributed by atoms with Crippen molar-refractivity contribution >= 4 is 11.8 Å². The smallest absolute Gasteiger partial charge is 0.255 e. The number of carbonyl (C=O) groups is 2. The van der Waals surface area contributed by atoms with Gasteiger partial charge in [-0.2, -0.15) is 0 Å². The number of benzene rings is 1. The summed E-state index contributed by atoms with van der Waals surface area (Å²) in [5.41, 5.74) is 0.447. The van der Waals surface area contributed by atoms with Crippen LogP contribution in [0.1, 0.15) is 36.0 Å². The highest BCUT2D eigenvalue weighted by Crippen LogP contribution is 2.32. The maximum atomic E-state index is 12.4. The van der Waals surface area contributed by atoms with E-state index >= 15 is 0 Å². The number of nitrogens with zero attached hydrogens (tertiary/aromatic N) is 1. The Labute approximate surface area is 154 Å². The molecule has 6 nitrogen and oxygen atoms in total. The minimum absolute atomic E-state index is 0.00222. The summed E-state index contributed by atoms with van der Waals surface area (Å²) in [5.74, 6) is 1.47. The van der Waals surface area contributed by atoms with E-state index in [0.717, 1.165) is 25.7 Å². The van der Waals surface area contributed by atoms with Crippen molar-refractivity contribution in [3.8, 4) is 11.5 Å². The van der Waals surface area contributed by atoms with Gasteiger partial charge in [0.2, 0.25) is 5.91 Å². The van der Waals surface area contributed by atoms with Crippen LogP contribution >= 0.6 is 0 Å². The van der Waals surface area contributed by atoms with Gasteiger partial charge in [-0.25, -0.2) is 0 Å².